The van der Waals surface area contributed by atoms with Crippen molar-refractivity contribution in [1.82, 2.24) is 10.2 Å². The molecule has 0 radical (unpaired) electrons. The van der Waals surface area contributed by atoms with E-state index < -0.39 is 0 Å². The minimum Gasteiger partial charge on any atom is -0.390 e. The molecule has 0 saturated carbocycles. The molecular formula is C10H14N2O. The Morgan fingerprint density at radius 1 is 1.54 bits per heavy atom. The molecule has 70 valence electrons. The van der Waals surface area contributed by atoms with Gasteiger partial charge in [-0.2, -0.15) is 10.2 Å². The fourth-order valence-electron chi connectivity index (χ4n) is 1.91. The van der Waals surface area contributed by atoms with Gasteiger partial charge in [-0.3, -0.25) is 0 Å². The van der Waals surface area contributed by atoms with Crippen LogP contribution in [0.25, 0.3) is 0 Å². The predicted octanol–water partition coefficient (Wildman–Crippen LogP) is 1.41. The van der Waals surface area contributed by atoms with Crippen LogP contribution < -0.4 is 0 Å². The second-order valence-corrected chi connectivity index (χ2v) is 3.70. The van der Waals surface area contributed by atoms with Crippen LogP contribution in [0.1, 0.15) is 42.6 Å². The second-order valence-electron chi connectivity index (χ2n) is 3.70. The third-order valence-electron chi connectivity index (χ3n) is 2.67. The van der Waals surface area contributed by atoms with E-state index in [1.807, 2.05) is 6.07 Å². The molecule has 0 aliphatic heterocycles. The number of hydrogen-bond donors (Lipinski definition) is 1. The highest BCUT2D eigenvalue weighted by molar-refractivity contribution is 5.26. The highest BCUT2D eigenvalue weighted by Crippen LogP contribution is 2.28. The van der Waals surface area contributed by atoms with E-state index in [1.165, 1.54) is 18.4 Å². The fourth-order valence-corrected chi connectivity index (χ4v) is 1.91. The molecule has 0 aromatic carbocycles. The van der Waals surface area contributed by atoms with Crippen molar-refractivity contribution in [3.05, 3.63) is 23.0 Å². The molecule has 0 spiro atoms. The van der Waals surface area contributed by atoms with Gasteiger partial charge in [0.25, 0.3) is 0 Å². The van der Waals surface area contributed by atoms with E-state index >= 15 is 0 Å². The Labute approximate surface area is 77.8 Å². The highest BCUT2D eigenvalue weighted by Gasteiger charge is 2.18. The molecule has 1 aromatic rings. The Morgan fingerprint density at radius 2 is 2.38 bits per heavy atom. The van der Waals surface area contributed by atoms with Crippen LogP contribution in [0.2, 0.25) is 0 Å². The van der Waals surface area contributed by atoms with E-state index in [-0.39, 0.29) is 6.61 Å². The summed E-state index contributed by atoms with van der Waals surface area (Å²) in [5.41, 5.74) is 3.09. The lowest BCUT2D eigenvalue weighted by atomic mass is 9.88. The van der Waals surface area contributed by atoms with Gasteiger partial charge in [-0.15, -0.1) is 0 Å². The van der Waals surface area contributed by atoms with Crippen molar-refractivity contribution in [1.29, 1.82) is 0 Å². The van der Waals surface area contributed by atoms with E-state index in [9.17, 15) is 0 Å². The molecule has 1 heterocycles. The maximum absolute atomic E-state index is 8.90. The lowest BCUT2D eigenvalue weighted by molar-refractivity contribution is 0.274. The Morgan fingerprint density at radius 3 is 3.15 bits per heavy atom. The van der Waals surface area contributed by atoms with E-state index in [4.69, 9.17) is 5.11 Å². The standard InChI is InChI=1S/C10H14N2O/c1-7-3-2-4-8-5-9(6-13)11-12-10(7)8/h5,7,13H,2-4,6H2,1H3. The predicted molar refractivity (Wildman–Crippen MR) is 49.3 cm³/mol. The first-order valence-electron chi connectivity index (χ1n) is 4.77. The normalized spacial score (nSPS) is 21.2. The van der Waals surface area contributed by atoms with Crippen molar-refractivity contribution < 1.29 is 5.11 Å². The summed E-state index contributed by atoms with van der Waals surface area (Å²) in [6.45, 7) is 2.18. The molecule has 3 heteroatoms. The monoisotopic (exact) mass is 178 g/mol. The van der Waals surface area contributed by atoms with Crippen LogP contribution in [0.15, 0.2) is 6.07 Å². The highest BCUT2D eigenvalue weighted by atomic mass is 16.3. The topological polar surface area (TPSA) is 46.0 Å². The lowest BCUT2D eigenvalue weighted by Gasteiger charge is -2.20. The smallest absolute Gasteiger partial charge is 0.0888 e. The summed E-state index contributed by atoms with van der Waals surface area (Å²) < 4.78 is 0. The number of aromatic nitrogens is 2. The summed E-state index contributed by atoms with van der Waals surface area (Å²) in [5, 5.41) is 17.0. The van der Waals surface area contributed by atoms with Gasteiger partial charge < -0.3 is 5.11 Å². The molecule has 1 unspecified atom stereocenters. The van der Waals surface area contributed by atoms with Crippen molar-refractivity contribution in [2.24, 2.45) is 0 Å². The minimum absolute atomic E-state index is 0.00530. The van der Waals surface area contributed by atoms with Crippen molar-refractivity contribution in [2.45, 2.75) is 38.7 Å². The van der Waals surface area contributed by atoms with Crippen molar-refractivity contribution in [2.75, 3.05) is 0 Å². The maximum atomic E-state index is 8.90. The van der Waals surface area contributed by atoms with Gasteiger partial charge in [0, 0.05) is 5.92 Å². The zero-order chi connectivity index (χ0) is 9.26. The fraction of sp³-hybridized carbons (Fsp3) is 0.600. The first kappa shape index (κ1) is 8.63. The van der Waals surface area contributed by atoms with Gasteiger partial charge in [0.15, 0.2) is 0 Å². The van der Waals surface area contributed by atoms with Gasteiger partial charge in [-0.1, -0.05) is 6.92 Å². The number of aliphatic hydroxyl groups excluding tert-OH is 1. The van der Waals surface area contributed by atoms with Crippen LogP contribution in [-0.4, -0.2) is 15.3 Å². The summed E-state index contributed by atoms with van der Waals surface area (Å²) in [6.07, 6.45) is 3.52. The molecule has 0 saturated heterocycles. The van der Waals surface area contributed by atoms with Crippen LogP contribution in [0.5, 0.6) is 0 Å². The van der Waals surface area contributed by atoms with Gasteiger partial charge in [-0.25, -0.2) is 0 Å². The SMILES string of the molecule is CC1CCCc2cc(CO)nnc21. The number of aliphatic hydroxyl groups is 1. The number of fused-ring (bicyclic) bond motifs is 1. The summed E-state index contributed by atoms with van der Waals surface area (Å²) in [4.78, 5) is 0. The van der Waals surface area contributed by atoms with Crippen molar-refractivity contribution in [3.8, 4) is 0 Å². The zero-order valence-electron chi connectivity index (χ0n) is 7.82. The third-order valence-corrected chi connectivity index (χ3v) is 2.67. The Bertz CT molecular complexity index is 312. The summed E-state index contributed by atoms with van der Waals surface area (Å²) in [6, 6.07) is 1.98. The molecule has 1 aliphatic carbocycles. The molecule has 13 heavy (non-hydrogen) atoms. The first-order chi connectivity index (χ1) is 6.31. The molecular weight excluding hydrogens is 164 g/mol. The quantitative estimate of drug-likeness (QED) is 0.707. The van der Waals surface area contributed by atoms with Crippen LogP contribution in [0.3, 0.4) is 0 Å². The molecule has 1 aliphatic rings. The molecule has 1 N–H and O–H groups in total. The summed E-state index contributed by atoms with van der Waals surface area (Å²) in [7, 11) is 0. The number of aryl methyl sites for hydroxylation is 1. The average Bonchev–Trinajstić information content (AvgIpc) is 2.18. The maximum Gasteiger partial charge on any atom is 0.0888 e. The molecule has 2 rings (SSSR count). The van der Waals surface area contributed by atoms with E-state index in [0.29, 0.717) is 11.6 Å². The Hall–Kier alpha value is -0.960. The molecule has 1 atom stereocenters. The second kappa shape index (κ2) is 3.42. The first-order valence-corrected chi connectivity index (χ1v) is 4.77. The molecule has 3 nitrogen and oxygen atoms in total. The number of hydrogen-bond acceptors (Lipinski definition) is 3. The van der Waals surface area contributed by atoms with E-state index in [0.717, 1.165) is 12.1 Å². The van der Waals surface area contributed by atoms with Gasteiger partial charge in [-0.05, 0) is 30.9 Å². The number of rotatable bonds is 1. The lowest BCUT2D eigenvalue weighted by Crippen LogP contribution is -2.11. The zero-order valence-corrected chi connectivity index (χ0v) is 7.82. The summed E-state index contributed by atoms with van der Waals surface area (Å²) >= 11 is 0. The third kappa shape index (κ3) is 1.56. The van der Waals surface area contributed by atoms with E-state index in [1.54, 1.807) is 0 Å². The van der Waals surface area contributed by atoms with Crippen LogP contribution in [0, 0.1) is 0 Å². The molecule has 0 bridgehead atoms. The molecule has 1 aromatic heterocycles. The Balaban J connectivity index is 2.39. The van der Waals surface area contributed by atoms with Gasteiger partial charge in [0.1, 0.15) is 0 Å². The Kier molecular flexibility index (Phi) is 2.27. The molecule has 0 amide bonds. The average molecular weight is 178 g/mol. The van der Waals surface area contributed by atoms with Gasteiger partial charge in [0.05, 0.1) is 18.0 Å². The molecule has 0 fully saturated rings. The van der Waals surface area contributed by atoms with Gasteiger partial charge >= 0.3 is 0 Å². The van der Waals surface area contributed by atoms with Crippen LogP contribution in [-0.2, 0) is 13.0 Å². The summed E-state index contributed by atoms with van der Waals surface area (Å²) in [5.74, 6) is 0.531. The number of nitrogens with zero attached hydrogens (tertiary/aromatic N) is 2. The van der Waals surface area contributed by atoms with Crippen LogP contribution >= 0.6 is 0 Å². The van der Waals surface area contributed by atoms with E-state index in [2.05, 4.69) is 17.1 Å². The largest absolute Gasteiger partial charge is 0.390 e. The van der Waals surface area contributed by atoms with Crippen molar-refractivity contribution in [3.63, 3.8) is 0 Å². The van der Waals surface area contributed by atoms with Gasteiger partial charge in [0.2, 0.25) is 0 Å². The van der Waals surface area contributed by atoms with Crippen LogP contribution in [0.4, 0.5) is 0 Å². The minimum atomic E-state index is -0.00530. The van der Waals surface area contributed by atoms with Crippen molar-refractivity contribution >= 4 is 0 Å².